The summed E-state index contributed by atoms with van der Waals surface area (Å²) in [6, 6.07) is 7.09. The van der Waals surface area contributed by atoms with Crippen molar-refractivity contribution >= 4 is 28.8 Å². The van der Waals surface area contributed by atoms with Gasteiger partial charge in [-0.05, 0) is 30.7 Å². The van der Waals surface area contributed by atoms with E-state index in [-0.39, 0.29) is 12.0 Å². The molecule has 1 atom stereocenters. The average molecular weight is 279 g/mol. The van der Waals surface area contributed by atoms with Crippen LogP contribution in [-0.4, -0.2) is 46.6 Å². The zero-order valence-corrected chi connectivity index (χ0v) is 11.3. The molecule has 4 N–H and O–H groups in total. The van der Waals surface area contributed by atoms with Gasteiger partial charge in [0.1, 0.15) is 4.99 Å². The Morgan fingerprint density at radius 3 is 2.68 bits per heavy atom. The molecule has 0 radical (unpaired) electrons. The SMILES string of the molecule is NC(=S)c1ccc(NC(=O)CN2CCC(O)C2)cc1. The first kappa shape index (κ1) is 13.9. The maximum atomic E-state index is 11.8. The largest absolute Gasteiger partial charge is 0.392 e. The molecule has 1 aromatic rings. The van der Waals surface area contributed by atoms with Crippen molar-refractivity contribution in [1.82, 2.24) is 4.90 Å². The van der Waals surface area contributed by atoms with E-state index in [1.54, 1.807) is 24.3 Å². The molecule has 1 saturated heterocycles. The van der Waals surface area contributed by atoms with Crippen LogP contribution in [0.2, 0.25) is 0 Å². The van der Waals surface area contributed by atoms with Gasteiger partial charge < -0.3 is 16.2 Å². The number of anilines is 1. The van der Waals surface area contributed by atoms with E-state index >= 15 is 0 Å². The molecule has 1 aliphatic heterocycles. The highest BCUT2D eigenvalue weighted by atomic mass is 32.1. The number of carbonyl (C=O) groups excluding carboxylic acids is 1. The summed E-state index contributed by atoms with van der Waals surface area (Å²) in [5, 5.41) is 12.2. The van der Waals surface area contributed by atoms with Gasteiger partial charge >= 0.3 is 0 Å². The molecule has 0 aromatic heterocycles. The molecule has 0 bridgehead atoms. The smallest absolute Gasteiger partial charge is 0.238 e. The van der Waals surface area contributed by atoms with Crippen LogP contribution in [0.3, 0.4) is 0 Å². The Morgan fingerprint density at radius 2 is 2.16 bits per heavy atom. The molecule has 5 nitrogen and oxygen atoms in total. The van der Waals surface area contributed by atoms with Gasteiger partial charge in [-0.25, -0.2) is 0 Å². The van der Waals surface area contributed by atoms with Gasteiger partial charge in [0.25, 0.3) is 0 Å². The zero-order chi connectivity index (χ0) is 13.8. The number of hydrogen-bond acceptors (Lipinski definition) is 4. The monoisotopic (exact) mass is 279 g/mol. The fourth-order valence-corrected chi connectivity index (χ4v) is 2.21. The Hall–Kier alpha value is -1.50. The summed E-state index contributed by atoms with van der Waals surface area (Å²) in [6.45, 7) is 1.62. The molecular formula is C13H17N3O2S. The number of rotatable bonds is 4. The normalized spacial score (nSPS) is 19.3. The Labute approximate surface area is 117 Å². The minimum Gasteiger partial charge on any atom is -0.392 e. The summed E-state index contributed by atoms with van der Waals surface area (Å²) in [6.07, 6.45) is 0.424. The molecule has 0 spiro atoms. The van der Waals surface area contributed by atoms with Crippen molar-refractivity contribution in [3.63, 3.8) is 0 Å². The lowest BCUT2D eigenvalue weighted by Gasteiger charge is -2.14. The lowest BCUT2D eigenvalue weighted by atomic mass is 10.2. The summed E-state index contributed by atoms with van der Waals surface area (Å²) < 4.78 is 0. The second-order valence-electron chi connectivity index (χ2n) is 4.67. The van der Waals surface area contributed by atoms with Crippen LogP contribution in [0.15, 0.2) is 24.3 Å². The number of nitrogens with zero attached hydrogens (tertiary/aromatic N) is 1. The quantitative estimate of drug-likeness (QED) is 0.692. The minimum atomic E-state index is -0.308. The van der Waals surface area contributed by atoms with Gasteiger partial charge in [-0.2, -0.15) is 0 Å². The van der Waals surface area contributed by atoms with Crippen LogP contribution in [-0.2, 0) is 4.79 Å². The third-order valence-corrected chi connectivity index (χ3v) is 3.30. The predicted octanol–water partition coefficient (Wildman–Crippen LogP) is 0.326. The molecule has 1 aromatic carbocycles. The van der Waals surface area contributed by atoms with Gasteiger partial charge in [0, 0.05) is 24.3 Å². The summed E-state index contributed by atoms with van der Waals surface area (Å²) in [7, 11) is 0. The van der Waals surface area contributed by atoms with Crippen LogP contribution in [0.5, 0.6) is 0 Å². The number of hydrogen-bond donors (Lipinski definition) is 3. The van der Waals surface area contributed by atoms with Gasteiger partial charge in [0.15, 0.2) is 0 Å². The third kappa shape index (κ3) is 3.99. The number of nitrogens with two attached hydrogens (primary N) is 1. The van der Waals surface area contributed by atoms with E-state index < -0.39 is 0 Å². The number of aliphatic hydroxyl groups excluding tert-OH is 1. The van der Waals surface area contributed by atoms with Gasteiger partial charge in [-0.15, -0.1) is 0 Å². The van der Waals surface area contributed by atoms with Crippen molar-refractivity contribution in [2.75, 3.05) is 25.0 Å². The topological polar surface area (TPSA) is 78.6 Å². The van der Waals surface area contributed by atoms with E-state index in [9.17, 15) is 9.90 Å². The standard InChI is InChI=1S/C13H17N3O2S/c14-13(19)9-1-3-10(4-2-9)15-12(18)8-16-6-5-11(17)7-16/h1-4,11,17H,5-8H2,(H2,14,19)(H,15,18). The van der Waals surface area contributed by atoms with E-state index in [0.29, 0.717) is 23.8 Å². The second kappa shape index (κ2) is 6.10. The highest BCUT2D eigenvalue weighted by Gasteiger charge is 2.21. The molecular weight excluding hydrogens is 262 g/mol. The Morgan fingerprint density at radius 1 is 1.47 bits per heavy atom. The van der Waals surface area contributed by atoms with Crippen LogP contribution in [0.25, 0.3) is 0 Å². The number of thiocarbonyl (C=S) groups is 1. The van der Waals surface area contributed by atoms with Crippen molar-refractivity contribution in [2.45, 2.75) is 12.5 Å². The molecule has 1 unspecified atom stereocenters. The van der Waals surface area contributed by atoms with E-state index in [1.165, 1.54) is 0 Å². The van der Waals surface area contributed by atoms with Crippen LogP contribution in [0.1, 0.15) is 12.0 Å². The molecule has 1 fully saturated rings. The zero-order valence-electron chi connectivity index (χ0n) is 10.5. The fourth-order valence-electron chi connectivity index (χ4n) is 2.08. The molecule has 2 rings (SSSR count). The van der Waals surface area contributed by atoms with Crippen LogP contribution in [0, 0.1) is 0 Å². The number of aliphatic hydroxyl groups is 1. The predicted molar refractivity (Wildman–Crippen MR) is 78.0 cm³/mol. The number of β-amino-alcohol motifs (C(OH)–C–C–N with tert-alkyl or cyclic N) is 1. The van der Waals surface area contributed by atoms with Crippen LogP contribution < -0.4 is 11.1 Å². The van der Waals surface area contributed by atoms with E-state index in [4.69, 9.17) is 18.0 Å². The Kier molecular flexibility index (Phi) is 4.47. The molecule has 0 saturated carbocycles. The van der Waals surface area contributed by atoms with Crippen molar-refractivity contribution in [3.8, 4) is 0 Å². The number of carbonyl (C=O) groups is 1. The maximum Gasteiger partial charge on any atom is 0.238 e. The van der Waals surface area contributed by atoms with Gasteiger partial charge in [-0.1, -0.05) is 12.2 Å². The maximum absolute atomic E-state index is 11.8. The van der Waals surface area contributed by atoms with E-state index in [2.05, 4.69) is 5.32 Å². The van der Waals surface area contributed by atoms with Crippen molar-refractivity contribution < 1.29 is 9.90 Å². The van der Waals surface area contributed by atoms with Gasteiger partial charge in [-0.3, -0.25) is 9.69 Å². The number of nitrogens with one attached hydrogen (secondary N) is 1. The summed E-state index contributed by atoms with van der Waals surface area (Å²) in [4.78, 5) is 14.1. The van der Waals surface area contributed by atoms with Crippen LogP contribution in [0.4, 0.5) is 5.69 Å². The van der Waals surface area contributed by atoms with Crippen molar-refractivity contribution in [1.29, 1.82) is 0 Å². The first-order chi connectivity index (χ1) is 9.04. The number of benzene rings is 1. The van der Waals surface area contributed by atoms with Gasteiger partial charge in [0.2, 0.25) is 5.91 Å². The molecule has 19 heavy (non-hydrogen) atoms. The molecule has 102 valence electrons. The Bertz CT molecular complexity index is 475. The second-order valence-corrected chi connectivity index (χ2v) is 5.11. The number of amides is 1. The summed E-state index contributed by atoms with van der Waals surface area (Å²) >= 11 is 4.86. The average Bonchev–Trinajstić information content (AvgIpc) is 2.75. The van der Waals surface area contributed by atoms with Crippen LogP contribution >= 0.6 is 12.2 Å². The third-order valence-electron chi connectivity index (χ3n) is 3.07. The molecule has 1 amide bonds. The van der Waals surface area contributed by atoms with Gasteiger partial charge in [0.05, 0.1) is 12.6 Å². The van der Waals surface area contributed by atoms with E-state index in [1.807, 2.05) is 4.90 Å². The molecule has 0 aliphatic carbocycles. The lowest BCUT2D eigenvalue weighted by Crippen LogP contribution is -2.32. The molecule has 1 aliphatic rings. The minimum absolute atomic E-state index is 0.0859. The summed E-state index contributed by atoms with van der Waals surface area (Å²) in [5.74, 6) is -0.0859. The fraction of sp³-hybridized carbons (Fsp3) is 0.385. The van der Waals surface area contributed by atoms with Crippen molar-refractivity contribution in [2.24, 2.45) is 5.73 Å². The lowest BCUT2D eigenvalue weighted by molar-refractivity contribution is -0.117. The highest BCUT2D eigenvalue weighted by molar-refractivity contribution is 7.80. The first-order valence-corrected chi connectivity index (χ1v) is 6.55. The Balaban J connectivity index is 1.86. The first-order valence-electron chi connectivity index (χ1n) is 6.15. The molecule has 1 heterocycles. The van der Waals surface area contributed by atoms with E-state index in [0.717, 1.165) is 18.5 Å². The highest BCUT2D eigenvalue weighted by Crippen LogP contribution is 2.11. The molecule has 6 heteroatoms. The van der Waals surface area contributed by atoms with Crippen molar-refractivity contribution in [3.05, 3.63) is 29.8 Å². The summed E-state index contributed by atoms with van der Waals surface area (Å²) in [5.41, 5.74) is 6.99. The number of likely N-dealkylation sites (tertiary alicyclic amines) is 1.